The van der Waals surface area contributed by atoms with Crippen LogP contribution in [0.2, 0.25) is 0 Å². The molecule has 0 aromatic carbocycles. The highest BCUT2D eigenvalue weighted by molar-refractivity contribution is 5.73. The van der Waals surface area contributed by atoms with Gasteiger partial charge in [0.15, 0.2) is 0 Å². The van der Waals surface area contributed by atoms with Crippen molar-refractivity contribution < 1.29 is 9.32 Å². The van der Waals surface area contributed by atoms with Crippen molar-refractivity contribution in [2.75, 3.05) is 13.6 Å². The van der Waals surface area contributed by atoms with Crippen LogP contribution < -0.4 is 5.32 Å². The summed E-state index contributed by atoms with van der Waals surface area (Å²) < 4.78 is 5.13. The van der Waals surface area contributed by atoms with Crippen molar-refractivity contribution in [1.82, 2.24) is 15.4 Å². The molecular weight excluding hydrogens is 266 g/mol. The second-order valence-electron chi connectivity index (χ2n) is 6.48. The van der Waals surface area contributed by atoms with E-state index in [0.717, 1.165) is 29.5 Å². The van der Waals surface area contributed by atoms with Crippen LogP contribution in [0, 0.1) is 25.7 Å². The van der Waals surface area contributed by atoms with Crippen molar-refractivity contribution in [3.8, 4) is 0 Å². The number of rotatable bonds is 4. The van der Waals surface area contributed by atoms with Crippen LogP contribution in [0.4, 0.5) is 4.79 Å². The van der Waals surface area contributed by atoms with Crippen LogP contribution in [0.5, 0.6) is 0 Å². The molecule has 118 valence electrons. The van der Waals surface area contributed by atoms with Gasteiger partial charge in [-0.1, -0.05) is 24.9 Å². The van der Waals surface area contributed by atoms with E-state index >= 15 is 0 Å². The average Bonchev–Trinajstić information content (AvgIpc) is 2.76. The number of aryl methyl sites for hydroxylation is 2. The molecule has 1 aromatic heterocycles. The topological polar surface area (TPSA) is 58.4 Å². The highest BCUT2D eigenvalue weighted by Crippen LogP contribution is 2.27. The first-order chi connectivity index (χ1) is 9.97. The van der Waals surface area contributed by atoms with Crippen LogP contribution in [-0.2, 0) is 6.54 Å². The number of amides is 2. The van der Waals surface area contributed by atoms with Gasteiger partial charge in [0.05, 0.1) is 12.2 Å². The fraction of sp³-hybridized carbons (Fsp3) is 0.750. The first-order valence-corrected chi connectivity index (χ1v) is 7.88. The van der Waals surface area contributed by atoms with Gasteiger partial charge in [-0.3, -0.25) is 0 Å². The van der Waals surface area contributed by atoms with Gasteiger partial charge in [0.1, 0.15) is 5.76 Å². The summed E-state index contributed by atoms with van der Waals surface area (Å²) in [6, 6.07) is -0.0202. The van der Waals surface area contributed by atoms with Gasteiger partial charge in [-0.15, -0.1) is 0 Å². The lowest BCUT2D eigenvalue weighted by molar-refractivity contribution is 0.199. The van der Waals surface area contributed by atoms with E-state index in [1.165, 1.54) is 25.7 Å². The molecule has 5 nitrogen and oxygen atoms in total. The molecule has 0 bridgehead atoms. The van der Waals surface area contributed by atoms with E-state index in [-0.39, 0.29) is 6.03 Å². The van der Waals surface area contributed by atoms with E-state index in [2.05, 4.69) is 17.4 Å². The Morgan fingerprint density at radius 1 is 1.43 bits per heavy atom. The van der Waals surface area contributed by atoms with Crippen molar-refractivity contribution in [3.63, 3.8) is 0 Å². The molecule has 5 heteroatoms. The maximum absolute atomic E-state index is 12.2. The zero-order valence-corrected chi connectivity index (χ0v) is 13.6. The van der Waals surface area contributed by atoms with Crippen LogP contribution in [0.1, 0.15) is 49.6 Å². The minimum Gasteiger partial charge on any atom is -0.361 e. The zero-order chi connectivity index (χ0) is 15.4. The molecule has 0 spiro atoms. The Hall–Kier alpha value is -1.52. The molecule has 2 amide bonds. The maximum atomic E-state index is 12.2. The molecule has 1 N–H and O–H groups in total. The summed E-state index contributed by atoms with van der Waals surface area (Å²) in [7, 11) is 1.81. The molecule has 0 aliphatic heterocycles. The molecule has 0 radical (unpaired) electrons. The smallest absolute Gasteiger partial charge is 0.317 e. The minimum absolute atomic E-state index is 0.0202. The van der Waals surface area contributed by atoms with Gasteiger partial charge in [-0.05, 0) is 38.5 Å². The monoisotopic (exact) mass is 293 g/mol. The summed E-state index contributed by atoms with van der Waals surface area (Å²) in [6.07, 6.45) is 5.08. The van der Waals surface area contributed by atoms with Gasteiger partial charge in [0.2, 0.25) is 0 Å². The molecule has 0 saturated heterocycles. The number of nitrogens with zero attached hydrogens (tertiary/aromatic N) is 2. The number of nitrogens with one attached hydrogen (secondary N) is 1. The van der Waals surface area contributed by atoms with E-state index in [1.54, 1.807) is 4.90 Å². The highest BCUT2D eigenvalue weighted by atomic mass is 16.5. The van der Waals surface area contributed by atoms with Gasteiger partial charge in [0, 0.05) is 19.2 Å². The molecule has 1 saturated carbocycles. The summed E-state index contributed by atoms with van der Waals surface area (Å²) in [5.74, 6) is 2.21. The summed E-state index contributed by atoms with van der Waals surface area (Å²) in [6.45, 7) is 7.41. The third-order valence-electron chi connectivity index (χ3n) is 4.51. The summed E-state index contributed by atoms with van der Waals surface area (Å²) in [5.41, 5.74) is 1.85. The molecular formula is C16H27N3O2. The van der Waals surface area contributed by atoms with Gasteiger partial charge in [-0.25, -0.2) is 4.79 Å². The molecule has 1 aliphatic carbocycles. The Bertz CT molecular complexity index is 464. The van der Waals surface area contributed by atoms with Gasteiger partial charge < -0.3 is 14.7 Å². The standard InChI is InChI=1S/C16H27N3O2/c1-11-6-5-7-14(8-11)9-17-16(20)19(4)10-15-12(2)18-21-13(15)3/h11,14H,5-10H2,1-4H3,(H,17,20). The van der Waals surface area contributed by atoms with Crippen LogP contribution in [0.25, 0.3) is 0 Å². The number of carbonyl (C=O) groups is 1. The number of urea groups is 1. The van der Waals surface area contributed by atoms with E-state index in [9.17, 15) is 4.79 Å². The van der Waals surface area contributed by atoms with Crippen LogP contribution in [-0.4, -0.2) is 29.7 Å². The Balaban J connectivity index is 1.80. The summed E-state index contributed by atoms with van der Waals surface area (Å²) in [5, 5.41) is 6.98. The fourth-order valence-corrected chi connectivity index (χ4v) is 3.15. The number of hydrogen-bond acceptors (Lipinski definition) is 3. The van der Waals surface area contributed by atoms with Gasteiger partial charge in [0.25, 0.3) is 0 Å². The lowest BCUT2D eigenvalue weighted by Crippen LogP contribution is -2.40. The predicted octanol–water partition coefficient (Wildman–Crippen LogP) is 3.26. The van der Waals surface area contributed by atoms with E-state index in [4.69, 9.17) is 4.52 Å². The molecule has 2 rings (SSSR count). The molecule has 2 atom stereocenters. The Kier molecular flexibility index (Phi) is 5.26. The first kappa shape index (κ1) is 15.9. The second kappa shape index (κ2) is 6.96. The third-order valence-corrected chi connectivity index (χ3v) is 4.51. The van der Waals surface area contributed by atoms with Gasteiger partial charge in [-0.2, -0.15) is 0 Å². The molecule has 21 heavy (non-hydrogen) atoms. The van der Waals surface area contributed by atoms with E-state index < -0.39 is 0 Å². The molecule has 1 aromatic rings. The Labute approximate surface area is 127 Å². The molecule has 2 unspecified atom stereocenters. The largest absolute Gasteiger partial charge is 0.361 e. The van der Waals surface area contributed by atoms with Crippen molar-refractivity contribution in [2.45, 2.75) is 53.0 Å². The van der Waals surface area contributed by atoms with E-state index in [0.29, 0.717) is 12.5 Å². The molecule has 1 aliphatic rings. The maximum Gasteiger partial charge on any atom is 0.317 e. The normalized spacial score (nSPS) is 22.1. The number of carbonyl (C=O) groups excluding carboxylic acids is 1. The predicted molar refractivity (Wildman–Crippen MR) is 82.0 cm³/mol. The number of hydrogen-bond donors (Lipinski definition) is 1. The SMILES string of the molecule is Cc1noc(C)c1CN(C)C(=O)NCC1CCCC(C)C1. The molecule has 1 fully saturated rings. The first-order valence-electron chi connectivity index (χ1n) is 7.88. The Morgan fingerprint density at radius 2 is 2.19 bits per heavy atom. The van der Waals surface area contributed by atoms with Crippen molar-refractivity contribution in [2.24, 2.45) is 11.8 Å². The number of aromatic nitrogens is 1. The Morgan fingerprint density at radius 3 is 2.81 bits per heavy atom. The van der Waals surface area contributed by atoms with Crippen molar-refractivity contribution >= 4 is 6.03 Å². The van der Waals surface area contributed by atoms with Gasteiger partial charge >= 0.3 is 6.03 Å². The second-order valence-corrected chi connectivity index (χ2v) is 6.48. The summed E-state index contributed by atoms with van der Waals surface area (Å²) in [4.78, 5) is 13.9. The van der Waals surface area contributed by atoms with Crippen molar-refractivity contribution in [3.05, 3.63) is 17.0 Å². The minimum atomic E-state index is -0.0202. The highest BCUT2D eigenvalue weighted by Gasteiger charge is 2.20. The van der Waals surface area contributed by atoms with E-state index in [1.807, 2.05) is 20.9 Å². The molecule has 1 heterocycles. The zero-order valence-electron chi connectivity index (χ0n) is 13.6. The average molecular weight is 293 g/mol. The summed E-state index contributed by atoms with van der Waals surface area (Å²) >= 11 is 0. The fourth-order valence-electron chi connectivity index (χ4n) is 3.15. The third kappa shape index (κ3) is 4.22. The van der Waals surface area contributed by atoms with Crippen LogP contribution in [0.15, 0.2) is 4.52 Å². The lowest BCUT2D eigenvalue weighted by atomic mass is 9.82. The van der Waals surface area contributed by atoms with Crippen molar-refractivity contribution in [1.29, 1.82) is 0 Å². The lowest BCUT2D eigenvalue weighted by Gasteiger charge is -2.27. The van der Waals surface area contributed by atoms with Crippen LogP contribution in [0.3, 0.4) is 0 Å². The van der Waals surface area contributed by atoms with Crippen LogP contribution >= 0.6 is 0 Å². The quantitative estimate of drug-likeness (QED) is 0.927.